The number of carboxylic acid groups (broad SMARTS) is 1. The van der Waals surface area contributed by atoms with E-state index < -0.39 is 23.6 Å². The van der Waals surface area contributed by atoms with Gasteiger partial charge in [-0.15, -0.1) is 0 Å². The molecule has 33 heavy (non-hydrogen) atoms. The molecule has 8 nitrogen and oxygen atoms in total. The van der Waals surface area contributed by atoms with Crippen molar-refractivity contribution in [3.63, 3.8) is 0 Å². The number of hydrogen-bond donors (Lipinski definition) is 4. The molecule has 1 unspecified atom stereocenters. The number of rotatable bonds is 8. The van der Waals surface area contributed by atoms with Crippen molar-refractivity contribution in [1.82, 2.24) is 9.88 Å². The molecule has 3 rings (SSSR count). The lowest BCUT2D eigenvalue weighted by Crippen LogP contribution is -2.36. The number of aromatic hydroxyl groups is 1. The second kappa shape index (κ2) is 10.5. The molecule has 2 aromatic carbocycles. The highest BCUT2D eigenvalue weighted by Gasteiger charge is 2.20. The predicted octanol–water partition coefficient (Wildman–Crippen LogP) is 3.58. The summed E-state index contributed by atoms with van der Waals surface area (Å²) in [4.78, 5) is 36.2. The second-order valence-corrected chi connectivity index (χ2v) is 7.79. The summed E-state index contributed by atoms with van der Waals surface area (Å²) >= 11 is 0. The summed E-state index contributed by atoms with van der Waals surface area (Å²) < 4.78 is 1.21. The van der Waals surface area contributed by atoms with Gasteiger partial charge in [0.2, 0.25) is 0 Å². The zero-order valence-corrected chi connectivity index (χ0v) is 18.5. The number of urea groups is 1. The Labute approximate surface area is 191 Å². The van der Waals surface area contributed by atoms with E-state index in [9.17, 15) is 24.6 Å². The third kappa shape index (κ3) is 6.00. The van der Waals surface area contributed by atoms with E-state index in [1.54, 1.807) is 6.07 Å². The van der Waals surface area contributed by atoms with Crippen LogP contribution >= 0.6 is 0 Å². The zero-order chi connectivity index (χ0) is 24.0. The summed E-state index contributed by atoms with van der Waals surface area (Å²) in [7, 11) is 1.49. The lowest BCUT2D eigenvalue weighted by molar-refractivity contribution is -0.137. The Morgan fingerprint density at radius 2 is 1.79 bits per heavy atom. The van der Waals surface area contributed by atoms with E-state index in [1.807, 2.05) is 30.3 Å². The van der Waals surface area contributed by atoms with E-state index in [1.165, 1.54) is 35.0 Å². The van der Waals surface area contributed by atoms with Crippen LogP contribution in [-0.2, 0) is 24.7 Å². The van der Waals surface area contributed by atoms with Crippen molar-refractivity contribution < 1.29 is 19.8 Å². The van der Waals surface area contributed by atoms with Crippen molar-refractivity contribution in [2.45, 2.75) is 32.2 Å². The van der Waals surface area contributed by atoms with Crippen LogP contribution in [0.4, 0.5) is 10.5 Å². The lowest BCUT2D eigenvalue weighted by atomic mass is 9.95. The minimum absolute atomic E-state index is 0.281. The van der Waals surface area contributed by atoms with E-state index >= 15 is 0 Å². The molecule has 1 atom stereocenters. The smallest absolute Gasteiger partial charge is 0.319 e. The summed E-state index contributed by atoms with van der Waals surface area (Å²) in [6.07, 6.45) is 2.61. The molecule has 0 aliphatic carbocycles. The number of anilines is 1. The molecule has 1 aromatic heterocycles. The molecule has 0 saturated carbocycles. The van der Waals surface area contributed by atoms with Crippen molar-refractivity contribution in [3.05, 3.63) is 93.4 Å². The van der Waals surface area contributed by atoms with E-state index in [-0.39, 0.29) is 17.9 Å². The third-order valence-electron chi connectivity index (χ3n) is 5.42. The molecule has 0 saturated heterocycles. The number of aryl methyl sites for hydroxylation is 2. The van der Waals surface area contributed by atoms with Crippen LogP contribution in [0.3, 0.4) is 0 Å². The second-order valence-electron chi connectivity index (χ2n) is 7.79. The van der Waals surface area contributed by atoms with Gasteiger partial charge in [0.15, 0.2) is 5.69 Å². The number of nitrogens with zero attached hydrogens (tertiary/aromatic N) is 1. The Hall–Kier alpha value is -4.07. The molecule has 172 valence electrons. The van der Waals surface area contributed by atoms with Gasteiger partial charge >= 0.3 is 12.0 Å². The number of pyridine rings is 1. The Bertz CT molecular complexity index is 1220. The Morgan fingerprint density at radius 3 is 2.48 bits per heavy atom. The average molecular weight is 450 g/mol. The van der Waals surface area contributed by atoms with Gasteiger partial charge in [0.25, 0.3) is 5.56 Å². The molecule has 1 heterocycles. The number of aliphatic carboxylic acids is 1. The molecule has 0 fully saturated rings. The maximum atomic E-state index is 12.6. The van der Waals surface area contributed by atoms with E-state index in [0.29, 0.717) is 12.0 Å². The van der Waals surface area contributed by atoms with Gasteiger partial charge in [0, 0.05) is 13.2 Å². The molecule has 0 radical (unpaired) electrons. The number of carbonyl (C=O) groups excluding carboxylic acids is 1. The minimum atomic E-state index is -1.08. The predicted molar refractivity (Wildman–Crippen MR) is 126 cm³/mol. The van der Waals surface area contributed by atoms with Gasteiger partial charge < -0.3 is 25.4 Å². The van der Waals surface area contributed by atoms with Gasteiger partial charge in [-0.2, -0.15) is 0 Å². The van der Waals surface area contributed by atoms with E-state index in [4.69, 9.17) is 0 Å². The van der Waals surface area contributed by atoms with Gasteiger partial charge in [-0.05, 0) is 41.2 Å². The topological polar surface area (TPSA) is 121 Å². The molecule has 0 aliphatic rings. The first-order chi connectivity index (χ1) is 15.8. The fraction of sp³-hybridized carbons (Fsp3) is 0.240. The van der Waals surface area contributed by atoms with Gasteiger partial charge in [-0.1, -0.05) is 55.5 Å². The first kappa shape index (κ1) is 23.6. The molecule has 2 amide bonds. The normalized spacial score (nSPS) is 11.6. The highest BCUT2D eigenvalue weighted by molar-refractivity contribution is 5.91. The highest BCUT2D eigenvalue weighted by Crippen LogP contribution is 2.22. The van der Waals surface area contributed by atoms with E-state index in [0.717, 1.165) is 12.0 Å². The van der Waals surface area contributed by atoms with Crippen molar-refractivity contribution in [2.75, 3.05) is 5.32 Å². The molecule has 3 aromatic rings. The van der Waals surface area contributed by atoms with Gasteiger partial charge in [0.05, 0.1) is 12.5 Å². The summed E-state index contributed by atoms with van der Waals surface area (Å²) in [6.45, 7) is 2.10. The molecule has 0 bridgehead atoms. The van der Waals surface area contributed by atoms with Crippen LogP contribution in [0.2, 0.25) is 0 Å². The average Bonchev–Trinajstić information content (AvgIpc) is 2.79. The fourth-order valence-corrected chi connectivity index (χ4v) is 3.69. The summed E-state index contributed by atoms with van der Waals surface area (Å²) in [5.74, 6) is -1.46. The number of carboxylic acids is 1. The summed E-state index contributed by atoms with van der Waals surface area (Å²) in [5, 5.41) is 24.3. The SMILES string of the molecule is CCc1ccccc1Cc1cccc(C(CC(=O)O)NC(=O)Nc2c(O)ccn(C)c2=O)c1. The first-order valence-electron chi connectivity index (χ1n) is 10.6. The number of benzene rings is 2. The zero-order valence-electron chi connectivity index (χ0n) is 18.5. The van der Waals surface area contributed by atoms with Crippen molar-refractivity contribution in [1.29, 1.82) is 0 Å². The maximum absolute atomic E-state index is 12.6. The molecule has 0 aliphatic heterocycles. The van der Waals surface area contributed by atoms with Crippen molar-refractivity contribution >= 4 is 17.7 Å². The summed E-state index contributed by atoms with van der Waals surface area (Å²) in [5.41, 5.74) is 3.18. The van der Waals surface area contributed by atoms with Crippen LogP contribution < -0.4 is 16.2 Å². The number of hydrogen-bond acceptors (Lipinski definition) is 4. The molecule has 8 heteroatoms. The number of carbonyl (C=O) groups is 2. The molecular weight excluding hydrogens is 422 g/mol. The third-order valence-corrected chi connectivity index (χ3v) is 5.42. The van der Waals surface area contributed by atoms with Crippen LogP contribution in [0.15, 0.2) is 65.6 Å². The molecular formula is C25H27N3O5. The minimum Gasteiger partial charge on any atom is -0.505 e. The van der Waals surface area contributed by atoms with Crippen LogP contribution in [0, 0.1) is 0 Å². The first-order valence-corrected chi connectivity index (χ1v) is 10.6. The van der Waals surface area contributed by atoms with Crippen LogP contribution in [0.25, 0.3) is 0 Å². The van der Waals surface area contributed by atoms with E-state index in [2.05, 4.69) is 29.7 Å². The molecule has 0 spiro atoms. The van der Waals surface area contributed by atoms with Gasteiger partial charge in [0.1, 0.15) is 5.75 Å². The number of amides is 2. The van der Waals surface area contributed by atoms with Gasteiger partial charge in [-0.25, -0.2) is 4.79 Å². The number of aromatic nitrogens is 1. The van der Waals surface area contributed by atoms with Crippen LogP contribution in [0.5, 0.6) is 5.75 Å². The van der Waals surface area contributed by atoms with Crippen LogP contribution in [0.1, 0.15) is 41.6 Å². The highest BCUT2D eigenvalue weighted by atomic mass is 16.4. The maximum Gasteiger partial charge on any atom is 0.319 e. The fourth-order valence-electron chi connectivity index (χ4n) is 3.69. The Balaban J connectivity index is 1.82. The largest absolute Gasteiger partial charge is 0.505 e. The van der Waals surface area contributed by atoms with Crippen molar-refractivity contribution in [3.8, 4) is 5.75 Å². The molecule has 4 N–H and O–H groups in total. The lowest BCUT2D eigenvalue weighted by Gasteiger charge is -2.19. The summed E-state index contributed by atoms with van der Waals surface area (Å²) in [6, 6.07) is 15.2. The van der Waals surface area contributed by atoms with Gasteiger partial charge in [-0.3, -0.25) is 9.59 Å². The quantitative estimate of drug-likeness (QED) is 0.419. The Kier molecular flexibility index (Phi) is 7.50. The van der Waals surface area contributed by atoms with Crippen LogP contribution in [-0.4, -0.2) is 26.8 Å². The van der Waals surface area contributed by atoms with Crippen molar-refractivity contribution in [2.24, 2.45) is 7.05 Å². The Morgan fingerprint density at radius 1 is 1.06 bits per heavy atom. The number of nitrogens with one attached hydrogen (secondary N) is 2. The standard InChI is InChI=1S/C25H27N3O5/c1-3-17-8-4-5-9-18(17)13-16-7-6-10-19(14-16)20(15-22(30)31)26-25(33)27-23-21(29)11-12-28(2)24(23)32/h4-12,14,20,29H,3,13,15H2,1-2H3,(H,30,31)(H2,26,27,33). The monoisotopic (exact) mass is 449 g/mol.